The minimum absolute atomic E-state index is 0.0601. The van der Waals surface area contributed by atoms with Gasteiger partial charge in [-0.15, -0.1) is 0 Å². The molecule has 0 saturated heterocycles. The number of aromatic nitrogens is 1. The van der Waals surface area contributed by atoms with Crippen LogP contribution >= 0.6 is 22.9 Å². The van der Waals surface area contributed by atoms with E-state index in [4.69, 9.17) is 21.1 Å². The molecule has 3 aromatic carbocycles. The van der Waals surface area contributed by atoms with E-state index in [1.54, 1.807) is 35.8 Å². The maximum Gasteiger partial charge on any atom is 0.326 e. The lowest BCUT2D eigenvalue weighted by atomic mass is 10.0. The van der Waals surface area contributed by atoms with Crippen LogP contribution in [0.4, 0.5) is 0 Å². The molecule has 32 heavy (non-hydrogen) atoms. The molecule has 0 aliphatic rings. The Morgan fingerprint density at radius 3 is 2.66 bits per heavy atom. The van der Waals surface area contributed by atoms with Gasteiger partial charge in [0, 0.05) is 5.02 Å². The average molecular weight is 469 g/mol. The van der Waals surface area contributed by atoms with E-state index in [0.29, 0.717) is 27.7 Å². The molecule has 0 unspecified atom stereocenters. The smallest absolute Gasteiger partial charge is 0.326 e. The van der Waals surface area contributed by atoms with Gasteiger partial charge in [-0.05, 0) is 48.9 Å². The predicted molar refractivity (Wildman–Crippen MR) is 126 cm³/mol. The summed E-state index contributed by atoms with van der Waals surface area (Å²) in [4.78, 5) is 30.5. The summed E-state index contributed by atoms with van der Waals surface area (Å²) in [7, 11) is 0. The Morgan fingerprint density at radius 2 is 1.88 bits per heavy atom. The largest absolute Gasteiger partial charge is 0.493 e. The molecule has 4 aromatic rings. The van der Waals surface area contributed by atoms with E-state index in [1.165, 1.54) is 11.3 Å². The van der Waals surface area contributed by atoms with E-state index in [-0.39, 0.29) is 13.2 Å². The van der Waals surface area contributed by atoms with Crippen molar-refractivity contribution in [3.8, 4) is 5.75 Å². The number of thiazole rings is 1. The van der Waals surface area contributed by atoms with Crippen LogP contribution in [0.15, 0.2) is 59.6 Å². The van der Waals surface area contributed by atoms with Gasteiger partial charge in [-0.2, -0.15) is 4.99 Å². The number of amides is 1. The summed E-state index contributed by atoms with van der Waals surface area (Å²) < 4.78 is 13.3. The van der Waals surface area contributed by atoms with Crippen molar-refractivity contribution in [2.45, 2.75) is 20.4 Å². The van der Waals surface area contributed by atoms with E-state index in [1.807, 2.05) is 37.3 Å². The number of fused-ring (bicyclic) bond motifs is 2. The van der Waals surface area contributed by atoms with Crippen LogP contribution in [-0.2, 0) is 16.1 Å². The predicted octanol–water partition coefficient (Wildman–Crippen LogP) is 5.21. The first-order chi connectivity index (χ1) is 15.5. The molecule has 1 amide bonds. The SMILES string of the molecule is CCOC(=O)Cn1c(=NC(=O)c2c(OCC)ccc3ccccc23)sc2cc(Cl)ccc21. The molecule has 0 aliphatic heterocycles. The highest BCUT2D eigenvalue weighted by atomic mass is 35.5. The highest BCUT2D eigenvalue weighted by Gasteiger charge is 2.18. The number of halogens is 1. The van der Waals surface area contributed by atoms with Crippen LogP contribution in [0.2, 0.25) is 5.02 Å². The lowest BCUT2D eigenvalue weighted by molar-refractivity contribution is -0.143. The molecule has 0 spiro atoms. The fourth-order valence-corrected chi connectivity index (χ4v) is 4.82. The van der Waals surface area contributed by atoms with Gasteiger partial charge < -0.3 is 14.0 Å². The third-order valence-electron chi connectivity index (χ3n) is 4.84. The molecular weight excluding hydrogens is 448 g/mol. The highest BCUT2D eigenvalue weighted by Crippen LogP contribution is 2.29. The van der Waals surface area contributed by atoms with Crippen molar-refractivity contribution in [3.05, 3.63) is 70.0 Å². The lowest BCUT2D eigenvalue weighted by Gasteiger charge is -2.11. The van der Waals surface area contributed by atoms with Gasteiger partial charge in [-0.25, -0.2) is 0 Å². The molecule has 0 radical (unpaired) electrons. The molecule has 1 aromatic heterocycles. The Kier molecular flexibility index (Phi) is 6.58. The molecular formula is C24H21ClN2O4S. The molecule has 1 heterocycles. The van der Waals surface area contributed by atoms with Crippen LogP contribution in [0.5, 0.6) is 5.75 Å². The van der Waals surface area contributed by atoms with E-state index in [2.05, 4.69) is 4.99 Å². The van der Waals surface area contributed by atoms with Crippen molar-refractivity contribution in [1.29, 1.82) is 0 Å². The quantitative estimate of drug-likeness (QED) is 0.364. The van der Waals surface area contributed by atoms with Gasteiger partial charge in [0.25, 0.3) is 5.91 Å². The molecule has 4 rings (SSSR count). The van der Waals surface area contributed by atoms with Crippen LogP contribution in [0.3, 0.4) is 0 Å². The monoisotopic (exact) mass is 468 g/mol. The van der Waals surface area contributed by atoms with Crippen LogP contribution in [0.25, 0.3) is 21.0 Å². The van der Waals surface area contributed by atoms with E-state index >= 15 is 0 Å². The van der Waals surface area contributed by atoms with Crippen molar-refractivity contribution in [2.75, 3.05) is 13.2 Å². The number of esters is 1. The Morgan fingerprint density at radius 1 is 1.06 bits per heavy atom. The Labute approximate surface area is 193 Å². The van der Waals surface area contributed by atoms with E-state index < -0.39 is 11.9 Å². The first-order valence-corrected chi connectivity index (χ1v) is 11.4. The van der Waals surface area contributed by atoms with Crippen molar-refractivity contribution < 1.29 is 19.1 Å². The fourth-order valence-electron chi connectivity index (χ4n) is 3.51. The number of carbonyl (C=O) groups is 2. The molecule has 0 saturated carbocycles. The van der Waals surface area contributed by atoms with Gasteiger partial charge in [0.05, 0.1) is 29.0 Å². The summed E-state index contributed by atoms with van der Waals surface area (Å²) in [5.41, 5.74) is 1.14. The van der Waals surface area contributed by atoms with E-state index in [0.717, 1.165) is 21.0 Å². The molecule has 8 heteroatoms. The number of rotatable bonds is 6. The number of benzene rings is 3. The van der Waals surface area contributed by atoms with Crippen molar-refractivity contribution in [1.82, 2.24) is 4.57 Å². The van der Waals surface area contributed by atoms with Crippen molar-refractivity contribution in [2.24, 2.45) is 4.99 Å². The normalized spacial score (nSPS) is 11.8. The number of ether oxygens (including phenoxy) is 2. The molecule has 0 aliphatic carbocycles. The van der Waals surface area contributed by atoms with Gasteiger partial charge in [0.1, 0.15) is 12.3 Å². The minimum Gasteiger partial charge on any atom is -0.493 e. The van der Waals surface area contributed by atoms with Crippen LogP contribution in [0, 0.1) is 0 Å². The average Bonchev–Trinajstić information content (AvgIpc) is 3.09. The van der Waals surface area contributed by atoms with Crippen molar-refractivity contribution in [3.63, 3.8) is 0 Å². The van der Waals surface area contributed by atoms with Gasteiger partial charge in [0.15, 0.2) is 4.80 Å². The number of nitrogens with zero attached hydrogens (tertiary/aromatic N) is 2. The van der Waals surface area contributed by atoms with Gasteiger partial charge >= 0.3 is 5.97 Å². The zero-order valence-electron chi connectivity index (χ0n) is 17.6. The Balaban J connectivity index is 1.90. The zero-order valence-corrected chi connectivity index (χ0v) is 19.2. The van der Waals surface area contributed by atoms with Gasteiger partial charge in [-0.1, -0.05) is 53.3 Å². The summed E-state index contributed by atoms with van der Waals surface area (Å²) in [6, 6.07) is 16.6. The molecule has 0 bridgehead atoms. The third kappa shape index (κ3) is 4.40. The lowest BCUT2D eigenvalue weighted by Crippen LogP contribution is -2.23. The molecule has 0 fully saturated rings. The topological polar surface area (TPSA) is 69.9 Å². The summed E-state index contributed by atoms with van der Waals surface area (Å²) in [5, 5.41) is 2.23. The molecule has 0 N–H and O–H groups in total. The summed E-state index contributed by atoms with van der Waals surface area (Å²) in [6.45, 7) is 4.24. The Hall–Kier alpha value is -3.16. The minimum atomic E-state index is -0.444. The fraction of sp³-hybridized carbons (Fsp3) is 0.208. The highest BCUT2D eigenvalue weighted by molar-refractivity contribution is 7.16. The zero-order chi connectivity index (χ0) is 22.7. The number of hydrogen-bond donors (Lipinski definition) is 0. The Bertz CT molecular complexity index is 1390. The van der Waals surface area contributed by atoms with Gasteiger partial charge in [-0.3, -0.25) is 9.59 Å². The summed E-state index contributed by atoms with van der Waals surface area (Å²) in [5.74, 6) is -0.377. The van der Waals surface area contributed by atoms with Gasteiger partial charge in [0.2, 0.25) is 0 Å². The van der Waals surface area contributed by atoms with Crippen molar-refractivity contribution >= 4 is 55.8 Å². The molecule has 6 nitrogen and oxygen atoms in total. The standard InChI is InChI=1S/C24H21ClN2O4S/c1-3-30-19-12-9-15-7-5-6-8-17(15)22(19)23(29)26-24-27(14-21(28)31-4-2)18-11-10-16(25)13-20(18)32-24/h5-13H,3-4,14H2,1-2H3. The molecule has 0 atom stereocenters. The maximum atomic E-state index is 13.4. The summed E-state index contributed by atoms with van der Waals surface area (Å²) in [6.07, 6.45) is 0. The van der Waals surface area contributed by atoms with Crippen LogP contribution in [-0.4, -0.2) is 29.7 Å². The first-order valence-electron chi connectivity index (χ1n) is 10.2. The molecule has 164 valence electrons. The van der Waals surface area contributed by atoms with Crippen LogP contribution in [0.1, 0.15) is 24.2 Å². The van der Waals surface area contributed by atoms with E-state index in [9.17, 15) is 9.59 Å². The second-order valence-electron chi connectivity index (χ2n) is 6.90. The summed E-state index contributed by atoms with van der Waals surface area (Å²) >= 11 is 7.44. The maximum absolute atomic E-state index is 13.4. The third-order valence-corrected chi connectivity index (χ3v) is 6.12. The van der Waals surface area contributed by atoms with Crippen LogP contribution < -0.4 is 9.54 Å². The number of hydrogen-bond acceptors (Lipinski definition) is 5. The second kappa shape index (κ2) is 9.54. The number of carbonyl (C=O) groups excluding carboxylic acids is 2. The second-order valence-corrected chi connectivity index (χ2v) is 8.34. The first kappa shape index (κ1) is 22.0.